The van der Waals surface area contributed by atoms with E-state index in [-0.39, 0.29) is 23.7 Å². The lowest BCUT2D eigenvalue weighted by molar-refractivity contribution is -0.131. The minimum absolute atomic E-state index is 0.0949. The van der Waals surface area contributed by atoms with E-state index in [9.17, 15) is 14.0 Å². The Kier molecular flexibility index (Phi) is 7.82. The molecule has 1 aromatic carbocycles. The van der Waals surface area contributed by atoms with Gasteiger partial charge in [-0.3, -0.25) is 19.5 Å². The van der Waals surface area contributed by atoms with Crippen LogP contribution in [0.3, 0.4) is 0 Å². The summed E-state index contributed by atoms with van der Waals surface area (Å²) in [5, 5.41) is 0. The van der Waals surface area contributed by atoms with Crippen LogP contribution in [0.4, 0.5) is 10.1 Å². The smallest absolute Gasteiger partial charge is 0.255 e. The van der Waals surface area contributed by atoms with E-state index in [2.05, 4.69) is 19.7 Å². The number of piperazine rings is 1. The van der Waals surface area contributed by atoms with Crippen LogP contribution < -0.4 is 4.90 Å². The normalized spacial score (nSPS) is 27.3. The van der Waals surface area contributed by atoms with Gasteiger partial charge in [-0.25, -0.2) is 4.39 Å². The summed E-state index contributed by atoms with van der Waals surface area (Å²) in [6.45, 7) is 6.07. The van der Waals surface area contributed by atoms with E-state index >= 15 is 0 Å². The summed E-state index contributed by atoms with van der Waals surface area (Å²) < 4.78 is 13.3. The first-order chi connectivity index (χ1) is 19.1. The molecule has 39 heavy (non-hydrogen) atoms. The Bertz CT molecular complexity index is 1140. The number of carbonyl (C=O) groups is 2. The molecule has 0 spiro atoms. The SMILES string of the molecule is O=C(CCC[C@@H]1[C@H]2CCCN3CCC[C@@H](CN1C(=O)c1cccnc1)[C@@H]23)N1CCN(c2ccc(F)cc2)CC1. The Labute approximate surface area is 231 Å². The largest absolute Gasteiger partial charge is 0.368 e. The first-order valence-electron chi connectivity index (χ1n) is 14.8. The molecule has 7 nitrogen and oxygen atoms in total. The predicted molar refractivity (Wildman–Crippen MR) is 149 cm³/mol. The molecule has 0 saturated carbocycles. The molecule has 208 valence electrons. The van der Waals surface area contributed by atoms with Crippen molar-refractivity contribution in [3.63, 3.8) is 0 Å². The summed E-state index contributed by atoms with van der Waals surface area (Å²) in [7, 11) is 0. The Morgan fingerprint density at radius 2 is 1.72 bits per heavy atom. The fraction of sp³-hybridized carbons (Fsp3) is 0.581. The van der Waals surface area contributed by atoms with Crippen LogP contribution in [0.1, 0.15) is 55.3 Å². The van der Waals surface area contributed by atoms with Crippen LogP contribution in [0.2, 0.25) is 0 Å². The van der Waals surface area contributed by atoms with Crippen molar-refractivity contribution in [2.45, 2.75) is 57.0 Å². The van der Waals surface area contributed by atoms with Crippen molar-refractivity contribution in [3.05, 3.63) is 60.2 Å². The van der Waals surface area contributed by atoms with Crippen molar-refractivity contribution < 1.29 is 14.0 Å². The predicted octanol–water partition coefficient (Wildman–Crippen LogP) is 4.05. The molecule has 6 rings (SSSR count). The molecule has 4 saturated heterocycles. The lowest BCUT2D eigenvalue weighted by Gasteiger charge is -2.57. The van der Waals surface area contributed by atoms with Crippen molar-refractivity contribution in [1.29, 1.82) is 0 Å². The van der Waals surface area contributed by atoms with Gasteiger partial charge in [0.15, 0.2) is 0 Å². The molecule has 4 atom stereocenters. The summed E-state index contributed by atoms with van der Waals surface area (Å²) in [5.74, 6) is 1.09. The number of rotatable bonds is 6. The zero-order valence-corrected chi connectivity index (χ0v) is 22.8. The molecular weight excluding hydrogens is 493 g/mol. The van der Waals surface area contributed by atoms with Gasteiger partial charge in [-0.15, -0.1) is 0 Å². The number of likely N-dealkylation sites (tertiary alicyclic amines) is 1. The van der Waals surface area contributed by atoms with E-state index in [4.69, 9.17) is 0 Å². The van der Waals surface area contributed by atoms with Crippen molar-refractivity contribution >= 4 is 17.5 Å². The Morgan fingerprint density at radius 3 is 2.46 bits per heavy atom. The van der Waals surface area contributed by atoms with Crippen LogP contribution in [-0.4, -0.2) is 89.4 Å². The number of nitrogens with zero attached hydrogens (tertiary/aromatic N) is 5. The van der Waals surface area contributed by atoms with Gasteiger partial charge in [-0.2, -0.15) is 0 Å². The number of halogens is 1. The average Bonchev–Trinajstić information content (AvgIpc) is 2.99. The Balaban J connectivity index is 1.09. The molecule has 2 amide bonds. The highest BCUT2D eigenvalue weighted by molar-refractivity contribution is 5.94. The van der Waals surface area contributed by atoms with Gasteiger partial charge in [0, 0.05) is 69.3 Å². The summed E-state index contributed by atoms with van der Waals surface area (Å²) in [6.07, 6.45) is 10.4. The van der Waals surface area contributed by atoms with E-state index < -0.39 is 0 Å². The second-order valence-electron chi connectivity index (χ2n) is 11.7. The molecular formula is C31H40FN5O2. The van der Waals surface area contributed by atoms with Gasteiger partial charge in [0.25, 0.3) is 5.91 Å². The van der Waals surface area contributed by atoms with Gasteiger partial charge in [0.1, 0.15) is 5.82 Å². The van der Waals surface area contributed by atoms with E-state index in [1.807, 2.05) is 17.0 Å². The molecule has 5 heterocycles. The molecule has 0 N–H and O–H groups in total. The summed E-state index contributed by atoms with van der Waals surface area (Å²) in [4.78, 5) is 40.1. The van der Waals surface area contributed by atoms with E-state index in [1.54, 1.807) is 24.5 Å². The molecule has 0 radical (unpaired) electrons. The third kappa shape index (κ3) is 5.53. The Morgan fingerprint density at radius 1 is 0.949 bits per heavy atom. The maximum atomic E-state index is 13.7. The van der Waals surface area contributed by atoms with Crippen LogP contribution in [0.5, 0.6) is 0 Å². The van der Waals surface area contributed by atoms with Crippen LogP contribution in [0, 0.1) is 17.7 Å². The highest BCUT2D eigenvalue weighted by Gasteiger charge is 2.49. The van der Waals surface area contributed by atoms with Crippen LogP contribution in [0.15, 0.2) is 48.8 Å². The van der Waals surface area contributed by atoms with Gasteiger partial charge in [-0.1, -0.05) is 0 Å². The maximum absolute atomic E-state index is 13.7. The highest BCUT2D eigenvalue weighted by Crippen LogP contribution is 2.43. The second kappa shape index (κ2) is 11.6. The van der Waals surface area contributed by atoms with Gasteiger partial charge < -0.3 is 14.7 Å². The molecule has 4 aliphatic heterocycles. The quantitative estimate of drug-likeness (QED) is 0.561. The molecule has 0 aliphatic carbocycles. The summed E-state index contributed by atoms with van der Waals surface area (Å²) in [5.41, 5.74) is 1.67. The number of carbonyl (C=O) groups excluding carboxylic acids is 2. The molecule has 0 unspecified atom stereocenters. The average molecular weight is 534 g/mol. The van der Waals surface area contributed by atoms with Crippen molar-refractivity contribution in [2.75, 3.05) is 50.7 Å². The second-order valence-corrected chi connectivity index (χ2v) is 11.7. The van der Waals surface area contributed by atoms with Crippen molar-refractivity contribution in [1.82, 2.24) is 19.7 Å². The van der Waals surface area contributed by atoms with Gasteiger partial charge >= 0.3 is 0 Å². The molecule has 1 aromatic heterocycles. The number of amides is 2. The number of anilines is 1. The summed E-state index contributed by atoms with van der Waals surface area (Å²) >= 11 is 0. The van der Waals surface area contributed by atoms with Crippen LogP contribution in [-0.2, 0) is 4.79 Å². The van der Waals surface area contributed by atoms with Crippen molar-refractivity contribution in [2.24, 2.45) is 11.8 Å². The monoisotopic (exact) mass is 533 g/mol. The first-order valence-corrected chi connectivity index (χ1v) is 14.8. The minimum Gasteiger partial charge on any atom is -0.368 e. The third-order valence-electron chi connectivity index (χ3n) is 9.56. The lowest BCUT2D eigenvalue weighted by Crippen LogP contribution is -2.65. The standard InChI is InChI=1S/C31H40FN5O2/c32-25-10-12-26(13-11-25)34-17-19-35(20-18-34)29(38)9-1-8-28-27-7-4-16-36-15-3-6-24(30(27)36)22-37(28)31(39)23-5-2-14-33-21-23/h2,5,10-14,21,24,27-28,30H,1,3-4,6-9,15-20,22H2/t24-,27+,28+,30-/m0/s1. The van der Waals surface area contributed by atoms with Crippen LogP contribution >= 0.6 is 0 Å². The minimum atomic E-state index is -0.230. The van der Waals surface area contributed by atoms with Crippen molar-refractivity contribution in [3.8, 4) is 0 Å². The zero-order chi connectivity index (χ0) is 26.8. The number of hydrogen-bond acceptors (Lipinski definition) is 5. The summed E-state index contributed by atoms with van der Waals surface area (Å²) in [6, 6.07) is 11.0. The fourth-order valence-electron chi connectivity index (χ4n) is 7.74. The maximum Gasteiger partial charge on any atom is 0.255 e. The zero-order valence-electron chi connectivity index (χ0n) is 22.8. The first kappa shape index (κ1) is 26.2. The number of piperidine rings is 3. The molecule has 4 fully saturated rings. The van der Waals surface area contributed by atoms with Gasteiger partial charge in [0.05, 0.1) is 5.56 Å². The molecule has 8 heteroatoms. The van der Waals surface area contributed by atoms with E-state index in [0.717, 1.165) is 38.2 Å². The highest BCUT2D eigenvalue weighted by atomic mass is 19.1. The number of aromatic nitrogens is 1. The number of hydrogen-bond donors (Lipinski definition) is 0. The Hall–Kier alpha value is -3.00. The van der Waals surface area contributed by atoms with E-state index in [1.165, 1.54) is 50.9 Å². The number of benzene rings is 1. The number of pyridine rings is 1. The van der Waals surface area contributed by atoms with Gasteiger partial charge in [-0.05, 0) is 99.8 Å². The third-order valence-corrected chi connectivity index (χ3v) is 9.56. The molecule has 4 aliphatic rings. The fourth-order valence-corrected chi connectivity index (χ4v) is 7.74. The topological polar surface area (TPSA) is 60.0 Å². The molecule has 2 aromatic rings. The van der Waals surface area contributed by atoms with Crippen LogP contribution in [0.25, 0.3) is 0 Å². The molecule has 0 bridgehead atoms. The van der Waals surface area contributed by atoms with Gasteiger partial charge in [0.2, 0.25) is 5.91 Å². The lowest BCUT2D eigenvalue weighted by atomic mass is 9.69. The van der Waals surface area contributed by atoms with E-state index in [0.29, 0.717) is 43.0 Å².